The summed E-state index contributed by atoms with van der Waals surface area (Å²) in [5.41, 5.74) is 0.873. The molecule has 0 saturated carbocycles. The Bertz CT molecular complexity index is 596. The van der Waals surface area contributed by atoms with E-state index in [-0.39, 0.29) is 16.9 Å². The van der Waals surface area contributed by atoms with Gasteiger partial charge in [0.2, 0.25) is 0 Å². The highest BCUT2D eigenvalue weighted by atomic mass is 19.3. The lowest BCUT2D eigenvalue weighted by Gasteiger charge is -2.18. The molecule has 7 heteroatoms. The van der Waals surface area contributed by atoms with Crippen molar-refractivity contribution in [1.82, 2.24) is 5.32 Å². The molecule has 1 amide bonds. The van der Waals surface area contributed by atoms with Crippen LogP contribution in [0.25, 0.3) is 0 Å². The van der Waals surface area contributed by atoms with Crippen LogP contribution < -0.4 is 10.1 Å². The van der Waals surface area contributed by atoms with E-state index < -0.39 is 18.5 Å². The van der Waals surface area contributed by atoms with E-state index >= 15 is 0 Å². The van der Waals surface area contributed by atoms with Crippen LogP contribution in [0.4, 0.5) is 8.78 Å². The second-order valence-electron chi connectivity index (χ2n) is 4.83. The molecule has 0 spiro atoms. The molecule has 22 heavy (non-hydrogen) atoms. The molecular weight excluding hydrogens is 296 g/mol. The van der Waals surface area contributed by atoms with Crippen LogP contribution in [0.2, 0.25) is 0 Å². The van der Waals surface area contributed by atoms with E-state index in [9.17, 15) is 18.4 Å². The van der Waals surface area contributed by atoms with E-state index in [1.807, 2.05) is 0 Å². The lowest BCUT2D eigenvalue weighted by Crippen LogP contribution is -2.27. The molecule has 0 heterocycles. The van der Waals surface area contributed by atoms with Gasteiger partial charge in [-0.1, -0.05) is 0 Å². The molecule has 0 atom stereocenters. The summed E-state index contributed by atoms with van der Waals surface area (Å²) in [4.78, 5) is 23.2. The minimum absolute atomic E-state index is 0.0466. The second kappa shape index (κ2) is 7.02. The zero-order chi connectivity index (χ0) is 16.1. The number of allylic oxidation sites excluding steroid dienone is 1. The number of hydrogen-bond donors (Lipinski definition) is 2. The summed E-state index contributed by atoms with van der Waals surface area (Å²) in [7, 11) is 0. The van der Waals surface area contributed by atoms with Crippen molar-refractivity contribution in [2.75, 3.05) is 0 Å². The van der Waals surface area contributed by atoms with Crippen LogP contribution in [0.5, 0.6) is 5.75 Å². The Labute approximate surface area is 125 Å². The quantitative estimate of drug-likeness (QED) is 0.876. The maximum atomic E-state index is 12.1. The highest BCUT2D eigenvalue weighted by molar-refractivity contribution is 5.97. The van der Waals surface area contributed by atoms with Crippen LogP contribution in [-0.4, -0.2) is 23.6 Å². The van der Waals surface area contributed by atoms with E-state index in [2.05, 4.69) is 10.1 Å². The van der Waals surface area contributed by atoms with Gasteiger partial charge in [-0.15, -0.1) is 0 Å². The lowest BCUT2D eigenvalue weighted by molar-refractivity contribution is -0.133. The van der Waals surface area contributed by atoms with Gasteiger partial charge in [0.15, 0.2) is 0 Å². The van der Waals surface area contributed by atoms with E-state index in [0.717, 1.165) is 12.8 Å². The normalized spacial score (nSPS) is 14.9. The summed E-state index contributed by atoms with van der Waals surface area (Å²) < 4.78 is 28.3. The molecule has 1 aliphatic rings. The molecule has 1 aliphatic carbocycles. The Kier molecular flexibility index (Phi) is 5.08. The van der Waals surface area contributed by atoms with Crippen molar-refractivity contribution in [2.24, 2.45) is 0 Å². The van der Waals surface area contributed by atoms with Gasteiger partial charge in [-0.25, -0.2) is 4.79 Å². The number of amides is 1. The maximum Gasteiger partial charge on any atom is 0.387 e. The molecule has 0 unspecified atom stereocenters. The van der Waals surface area contributed by atoms with Crippen LogP contribution in [0.3, 0.4) is 0 Å². The fourth-order valence-corrected chi connectivity index (χ4v) is 2.28. The number of carboxylic acids is 1. The minimum atomic E-state index is -2.93. The SMILES string of the molecule is O=C(O)C1=C(NC(=O)c2ccc(OC(F)F)cc2)CCCC1. The molecule has 2 rings (SSSR count). The van der Waals surface area contributed by atoms with Gasteiger partial charge in [0.25, 0.3) is 5.91 Å². The molecule has 5 nitrogen and oxygen atoms in total. The molecule has 0 aliphatic heterocycles. The van der Waals surface area contributed by atoms with Crippen molar-refractivity contribution in [3.05, 3.63) is 41.1 Å². The third-order valence-electron chi connectivity index (χ3n) is 3.33. The number of rotatable bonds is 5. The fraction of sp³-hybridized carbons (Fsp3) is 0.333. The molecule has 118 valence electrons. The summed E-state index contributed by atoms with van der Waals surface area (Å²) in [6, 6.07) is 5.20. The number of carbonyl (C=O) groups excluding carboxylic acids is 1. The molecule has 1 aromatic carbocycles. The molecule has 0 aromatic heterocycles. The Hall–Kier alpha value is -2.44. The smallest absolute Gasteiger partial charge is 0.387 e. The Morgan fingerprint density at radius 2 is 1.77 bits per heavy atom. The first-order chi connectivity index (χ1) is 10.5. The molecule has 0 radical (unpaired) electrons. The first kappa shape index (κ1) is 15.9. The van der Waals surface area contributed by atoms with Gasteiger partial charge >= 0.3 is 12.6 Å². The molecular formula is C15H15F2NO4. The monoisotopic (exact) mass is 311 g/mol. The topological polar surface area (TPSA) is 75.6 Å². The molecule has 0 bridgehead atoms. The largest absolute Gasteiger partial charge is 0.478 e. The first-order valence-electron chi connectivity index (χ1n) is 6.79. The summed E-state index contributed by atoms with van der Waals surface area (Å²) in [5.74, 6) is -1.55. The predicted molar refractivity (Wildman–Crippen MR) is 73.7 cm³/mol. The predicted octanol–water partition coefficient (Wildman–Crippen LogP) is 2.93. The van der Waals surface area contributed by atoms with Crippen LogP contribution in [0, 0.1) is 0 Å². The van der Waals surface area contributed by atoms with Crippen molar-refractivity contribution < 1.29 is 28.2 Å². The van der Waals surface area contributed by atoms with Gasteiger partial charge in [0.1, 0.15) is 5.75 Å². The van der Waals surface area contributed by atoms with Crippen LogP contribution in [0.1, 0.15) is 36.0 Å². The Morgan fingerprint density at radius 3 is 2.36 bits per heavy atom. The number of nitrogens with one attached hydrogen (secondary N) is 1. The Morgan fingerprint density at radius 1 is 1.14 bits per heavy atom. The Balaban J connectivity index is 2.09. The highest BCUT2D eigenvalue weighted by Crippen LogP contribution is 2.23. The summed E-state index contributed by atoms with van der Waals surface area (Å²) in [6.45, 7) is -2.93. The van der Waals surface area contributed by atoms with E-state index in [0.29, 0.717) is 18.5 Å². The van der Waals surface area contributed by atoms with Crippen LogP contribution >= 0.6 is 0 Å². The van der Waals surface area contributed by atoms with Crippen LogP contribution in [0.15, 0.2) is 35.5 Å². The molecule has 0 saturated heterocycles. The summed E-state index contributed by atoms with van der Waals surface area (Å²) >= 11 is 0. The van der Waals surface area contributed by atoms with Crippen molar-refractivity contribution in [2.45, 2.75) is 32.3 Å². The van der Waals surface area contributed by atoms with Gasteiger partial charge in [-0.2, -0.15) is 8.78 Å². The van der Waals surface area contributed by atoms with Crippen molar-refractivity contribution in [3.63, 3.8) is 0 Å². The number of ether oxygens (including phenoxy) is 1. The van der Waals surface area contributed by atoms with Gasteiger partial charge < -0.3 is 15.2 Å². The number of hydrogen-bond acceptors (Lipinski definition) is 3. The molecule has 2 N–H and O–H groups in total. The van der Waals surface area contributed by atoms with Crippen molar-refractivity contribution in [3.8, 4) is 5.75 Å². The number of aliphatic carboxylic acids is 1. The van der Waals surface area contributed by atoms with E-state index in [1.165, 1.54) is 24.3 Å². The second-order valence-corrected chi connectivity index (χ2v) is 4.83. The standard InChI is InChI=1S/C15H15F2NO4/c16-15(17)22-10-7-5-9(6-8-10)13(19)18-12-4-2-1-3-11(12)14(20)21/h5-8,15H,1-4H2,(H,18,19)(H,20,21). The first-order valence-corrected chi connectivity index (χ1v) is 6.79. The fourth-order valence-electron chi connectivity index (χ4n) is 2.28. The zero-order valence-electron chi connectivity index (χ0n) is 11.6. The number of benzene rings is 1. The third-order valence-corrected chi connectivity index (χ3v) is 3.33. The average molecular weight is 311 g/mol. The lowest BCUT2D eigenvalue weighted by atomic mass is 9.96. The zero-order valence-corrected chi connectivity index (χ0v) is 11.6. The van der Waals surface area contributed by atoms with Crippen molar-refractivity contribution >= 4 is 11.9 Å². The molecule has 0 fully saturated rings. The number of alkyl halides is 2. The van der Waals surface area contributed by atoms with Gasteiger partial charge in [0, 0.05) is 11.3 Å². The van der Waals surface area contributed by atoms with E-state index in [4.69, 9.17) is 5.11 Å². The van der Waals surface area contributed by atoms with Crippen molar-refractivity contribution in [1.29, 1.82) is 0 Å². The third kappa shape index (κ3) is 4.03. The number of carbonyl (C=O) groups is 2. The number of carboxylic acid groups (broad SMARTS) is 1. The molecule has 1 aromatic rings. The van der Waals surface area contributed by atoms with E-state index in [1.54, 1.807) is 0 Å². The minimum Gasteiger partial charge on any atom is -0.478 e. The summed E-state index contributed by atoms with van der Waals surface area (Å²) in [6.07, 6.45) is 2.51. The highest BCUT2D eigenvalue weighted by Gasteiger charge is 2.20. The average Bonchev–Trinajstić information content (AvgIpc) is 2.47. The summed E-state index contributed by atoms with van der Waals surface area (Å²) in [5, 5.41) is 11.7. The van der Waals surface area contributed by atoms with Gasteiger partial charge in [0.05, 0.1) is 5.57 Å². The van der Waals surface area contributed by atoms with Gasteiger partial charge in [-0.3, -0.25) is 4.79 Å². The number of halogens is 2. The van der Waals surface area contributed by atoms with Gasteiger partial charge in [-0.05, 0) is 49.9 Å². The van der Waals surface area contributed by atoms with Crippen LogP contribution in [-0.2, 0) is 4.79 Å². The maximum absolute atomic E-state index is 12.1.